The number of benzene rings is 2. The predicted octanol–water partition coefficient (Wildman–Crippen LogP) is 3.81. The predicted molar refractivity (Wildman–Crippen MR) is 135 cm³/mol. The highest BCUT2D eigenvalue weighted by Crippen LogP contribution is 2.35. The summed E-state index contributed by atoms with van der Waals surface area (Å²) in [6.45, 7) is 2.24. The van der Waals surface area contributed by atoms with Crippen LogP contribution in [0.3, 0.4) is 0 Å². The molecule has 0 spiro atoms. The summed E-state index contributed by atoms with van der Waals surface area (Å²) in [6.07, 6.45) is 2.44. The van der Waals surface area contributed by atoms with Crippen molar-refractivity contribution in [2.75, 3.05) is 45.7 Å². The molecule has 0 atom stereocenters. The molecule has 0 aliphatic carbocycles. The van der Waals surface area contributed by atoms with Crippen LogP contribution in [-0.2, 0) is 13.0 Å². The highest BCUT2D eigenvalue weighted by Gasteiger charge is 2.25. The Morgan fingerprint density at radius 1 is 1.24 bits per heavy atom. The van der Waals surface area contributed by atoms with E-state index in [0.717, 1.165) is 41.0 Å². The van der Waals surface area contributed by atoms with Crippen molar-refractivity contribution in [3.8, 4) is 11.6 Å². The first-order chi connectivity index (χ1) is 16.4. The maximum Gasteiger partial charge on any atom is 0.258 e. The molecule has 4 rings (SSSR count). The van der Waals surface area contributed by atoms with Crippen LogP contribution in [0.4, 0.5) is 11.6 Å². The number of fused-ring (bicyclic) bond motifs is 1. The van der Waals surface area contributed by atoms with E-state index in [2.05, 4.69) is 43.3 Å². The number of halogens is 1. The van der Waals surface area contributed by atoms with Crippen LogP contribution in [0.15, 0.2) is 53.1 Å². The minimum absolute atomic E-state index is 0.245. The summed E-state index contributed by atoms with van der Waals surface area (Å²) < 4.78 is 12.4. The monoisotopic (exact) mass is 525 g/mol. The van der Waals surface area contributed by atoms with E-state index in [-0.39, 0.29) is 18.4 Å². The van der Waals surface area contributed by atoms with Gasteiger partial charge in [0.2, 0.25) is 11.8 Å². The third kappa shape index (κ3) is 5.66. The lowest BCUT2D eigenvalue weighted by Crippen LogP contribution is -2.32. The van der Waals surface area contributed by atoms with Crippen LogP contribution in [0.5, 0.6) is 11.6 Å². The van der Waals surface area contributed by atoms with Crippen LogP contribution in [-0.4, -0.2) is 61.6 Å². The zero-order valence-corrected chi connectivity index (χ0v) is 21.1. The minimum Gasteiger partial charge on any atom is -0.497 e. The summed E-state index contributed by atoms with van der Waals surface area (Å²) in [4.78, 5) is 26.1. The number of nitrogens with zero attached hydrogens (tertiary/aromatic N) is 4. The summed E-state index contributed by atoms with van der Waals surface area (Å²) in [5.74, 6) is 1.23. The normalized spacial score (nSPS) is 12.6. The van der Waals surface area contributed by atoms with E-state index < -0.39 is 0 Å². The second-order valence-corrected chi connectivity index (χ2v) is 9.18. The Morgan fingerprint density at radius 3 is 2.88 bits per heavy atom. The number of methoxy groups -OCH3 is 1. The molecule has 3 aromatic rings. The van der Waals surface area contributed by atoms with Crippen molar-refractivity contribution in [1.82, 2.24) is 20.2 Å². The van der Waals surface area contributed by atoms with Crippen LogP contribution < -0.4 is 19.7 Å². The summed E-state index contributed by atoms with van der Waals surface area (Å²) in [7, 11) is 5.54. The van der Waals surface area contributed by atoms with Gasteiger partial charge >= 0.3 is 0 Å². The fourth-order valence-electron chi connectivity index (χ4n) is 3.73. The zero-order chi connectivity index (χ0) is 24.1. The first kappa shape index (κ1) is 24.0. The van der Waals surface area contributed by atoms with Gasteiger partial charge in [0, 0.05) is 36.0 Å². The van der Waals surface area contributed by atoms with Crippen molar-refractivity contribution in [2.45, 2.75) is 13.0 Å². The topological polar surface area (TPSA) is 79.8 Å². The first-order valence-corrected chi connectivity index (χ1v) is 11.9. The van der Waals surface area contributed by atoms with Crippen LogP contribution in [0.1, 0.15) is 21.5 Å². The van der Waals surface area contributed by atoms with Gasteiger partial charge in [-0.15, -0.1) is 0 Å². The molecule has 0 saturated carbocycles. The molecule has 2 aromatic carbocycles. The SMILES string of the molecule is COc1cccc(COc2nc(N3CCc4cc(Br)ccc43)ncc2C(=O)NCCN(C)C)c1. The number of aromatic nitrogens is 2. The molecule has 9 heteroatoms. The Bertz CT molecular complexity index is 1170. The van der Waals surface area contributed by atoms with Crippen LogP contribution in [0.2, 0.25) is 0 Å². The number of rotatable bonds is 9. The number of carbonyl (C=O) groups is 1. The molecule has 8 nitrogen and oxygen atoms in total. The molecule has 2 heterocycles. The van der Waals surface area contributed by atoms with Crippen molar-refractivity contribution in [3.63, 3.8) is 0 Å². The molecule has 0 radical (unpaired) electrons. The van der Waals surface area contributed by atoms with Gasteiger partial charge in [-0.2, -0.15) is 4.98 Å². The molecular formula is C25H28BrN5O3. The second-order valence-electron chi connectivity index (χ2n) is 8.26. The summed E-state index contributed by atoms with van der Waals surface area (Å²) >= 11 is 3.53. The molecule has 0 bridgehead atoms. The van der Waals surface area contributed by atoms with Gasteiger partial charge in [0.15, 0.2) is 0 Å². The summed E-state index contributed by atoms with van der Waals surface area (Å²) in [6, 6.07) is 13.8. The minimum atomic E-state index is -0.264. The Labute approximate surface area is 208 Å². The van der Waals surface area contributed by atoms with Gasteiger partial charge in [-0.05, 0) is 62.0 Å². The standard InChI is InChI=1S/C25H28BrN5O3/c1-30(2)12-10-27-23(32)21-15-28-25(31-11-9-18-14-19(26)7-8-22(18)31)29-24(21)34-16-17-5-4-6-20(13-17)33-3/h4-8,13-15H,9-12,16H2,1-3H3,(H,27,32). The highest BCUT2D eigenvalue weighted by atomic mass is 79.9. The van der Waals surface area contributed by atoms with Gasteiger partial charge in [0.1, 0.15) is 17.9 Å². The summed E-state index contributed by atoms with van der Waals surface area (Å²) in [5.41, 5.74) is 3.50. The molecule has 1 aliphatic heterocycles. The van der Waals surface area contributed by atoms with Crippen LogP contribution in [0.25, 0.3) is 0 Å². The zero-order valence-electron chi connectivity index (χ0n) is 19.5. The molecule has 1 aromatic heterocycles. The number of ether oxygens (including phenoxy) is 2. The van der Waals surface area contributed by atoms with Crippen molar-refractivity contribution < 1.29 is 14.3 Å². The lowest BCUT2D eigenvalue weighted by molar-refractivity contribution is 0.0945. The molecule has 0 unspecified atom stereocenters. The van der Waals surface area contributed by atoms with Crippen molar-refractivity contribution in [3.05, 3.63) is 69.8 Å². The Morgan fingerprint density at radius 2 is 2.09 bits per heavy atom. The number of hydrogen-bond donors (Lipinski definition) is 1. The van der Waals surface area contributed by atoms with Crippen molar-refractivity contribution in [2.24, 2.45) is 0 Å². The van der Waals surface area contributed by atoms with E-state index in [1.54, 1.807) is 13.3 Å². The van der Waals surface area contributed by atoms with Crippen LogP contribution in [0, 0.1) is 0 Å². The molecular weight excluding hydrogens is 498 g/mol. The third-order valence-corrected chi connectivity index (χ3v) is 6.01. The maximum atomic E-state index is 12.9. The number of anilines is 2. The number of nitrogens with one attached hydrogen (secondary N) is 1. The second kappa shape index (κ2) is 10.8. The molecule has 178 valence electrons. The Hall–Kier alpha value is -3.17. The Kier molecular flexibility index (Phi) is 7.64. The molecule has 0 saturated heterocycles. The number of amides is 1. The largest absolute Gasteiger partial charge is 0.497 e. The molecule has 34 heavy (non-hydrogen) atoms. The molecule has 1 aliphatic rings. The lowest BCUT2D eigenvalue weighted by Gasteiger charge is -2.19. The fourth-order valence-corrected chi connectivity index (χ4v) is 4.14. The van der Waals surface area contributed by atoms with E-state index in [1.807, 2.05) is 54.2 Å². The lowest BCUT2D eigenvalue weighted by atomic mass is 10.2. The van der Waals surface area contributed by atoms with E-state index in [1.165, 1.54) is 5.56 Å². The smallest absolute Gasteiger partial charge is 0.258 e. The highest BCUT2D eigenvalue weighted by molar-refractivity contribution is 9.10. The molecule has 0 fully saturated rings. The van der Waals surface area contributed by atoms with E-state index in [4.69, 9.17) is 9.47 Å². The molecule has 1 amide bonds. The van der Waals surface area contributed by atoms with E-state index >= 15 is 0 Å². The van der Waals surface area contributed by atoms with Crippen LogP contribution >= 0.6 is 15.9 Å². The van der Waals surface area contributed by atoms with E-state index in [9.17, 15) is 4.79 Å². The molecule has 1 N–H and O–H groups in total. The quantitative estimate of drug-likeness (QED) is 0.454. The Balaban J connectivity index is 1.60. The number of likely N-dealkylation sites (N-methyl/N-ethyl adjacent to an activating group) is 1. The van der Waals surface area contributed by atoms with Gasteiger partial charge in [-0.3, -0.25) is 4.79 Å². The van der Waals surface area contributed by atoms with Gasteiger partial charge in [0.05, 0.1) is 7.11 Å². The number of carbonyl (C=O) groups excluding carboxylic acids is 1. The third-order valence-electron chi connectivity index (χ3n) is 5.52. The summed E-state index contributed by atoms with van der Waals surface area (Å²) in [5, 5.41) is 2.92. The first-order valence-electron chi connectivity index (χ1n) is 11.1. The van der Waals surface area contributed by atoms with Crippen molar-refractivity contribution in [1.29, 1.82) is 0 Å². The maximum absolute atomic E-state index is 12.9. The van der Waals surface area contributed by atoms with Gasteiger partial charge in [-0.25, -0.2) is 4.98 Å². The van der Waals surface area contributed by atoms with Crippen molar-refractivity contribution >= 4 is 33.5 Å². The van der Waals surface area contributed by atoms with Gasteiger partial charge in [0.25, 0.3) is 5.91 Å². The van der Waals surface area contributed by atoms with Gasteiger partial charge < -0.3 is 24.6 Å². The van der Waals surface area contributed by atoms with Gasteiger partial charge in [-0.1, -0.05) is 28.1 Å². The fraction of sp³-hybridized carbons (Fsp3) is 0.320. The van der Waals surface area contributed by atoms with E-state index in [0.29, 0.717) is 18.1 Å². The average Bonchev–Trinajstić information content (AvgIpc) is 3.25. The average molecular weight is 526 g/mol. The number of hydrogen-bond acceptors (Lipinski definition) is 7.